The molecule has 2 heterocycles. The summed E-state index contributed by atoms with van der Waals surface area (Å²) < 4.78 is 15.0. The van der Waals surface area contributed by atoms with Crippen molar-refractivity contribution < 1.29 is 19.1 Å². The van der Waals surface area contributed by atoms with Gasteiger partial charge in [-0.1, -0.05) is 48.5 Å². The van der Waals surface area contributed by atoms with Gasteiger partial charge in [-0.2, -0.15) is 0 Å². The largest absolute Gasteiger partial charge is 0.481 e. The standard InChI is InChI=1S/C27H26FN3O3/c28-24-15-21(16-29-17-22(18-29)26(32)33)9-10-25(24)31-12-11-30(27(31)34)23-8-4-7-20(14-23)13-19-5-2-1-3-6-19/h1-10,14-15,22H,11-13,16-18H2,(H,32,33). The maximum Gasteiger partial charge on any atom is 0.329 e. The fourth-order valence-electron chi connectivity index (χ4n) is 4.65. The predicted octanol–water partition coefficient (Wildman–Crippen LogP) is 4.38. The van der Waals surface area contributed by atoms with Crippen molar-refractivity contribution in [1.82, 2.24) is 4.90 Å². The summed E-state index contributed by atoms with van der Waals surface area (Å²) in [6.07, 6.45) is 0.779. The Kier molecular flexibility index (Phi) is 6.02. The lowest BCUT2D eigenvalue weighted by molar-refractivity contribution is -0.147. The van der Waals surface area contributed by atoms with Crippen molar-refractivity contribution in [3.63, 3.8) is 0 Å². The van der Waals surface area contributed by atoms with Crippen LogP contribution in [-0.4, -0.2) is 48.2 Å². The molecule has 6 nitrogen and oxygen atoms in total. The first-order valence-electron chi connectivity index (χ1n) is 11.4. The number of benzene rings is 3. The van der Waals surface area contributed by atoms with Crippen molar-refractivity contribution in [3.8, 4) is 0 Å². The van der Waals surface area contributed by atoms with Gasteiger partial charge in [-0.25, -0.2) is 9.18 Å². The molecule has 174 valence electrons. The zero-order valence-corrected chi connectivity index (χ0v) is 18.7. The molecule has 3 aromatic rings. The summed E-state index contributed by atoms with van der Waals surface area (Å²) in [5.74, 6) is -1.58. The van der Waals surface area contributed by atoms with Gasteiger partial charge in [0.2, 0.25) is 0 Å². The molecule has 2 aliphatic rings. The monoisotopic (exact) mass is 459 g/mol. The van der Waals surface area contributed by atoms with Crippen molar-refractivity contribution in [2.45, 2.75) is 13.0 Å². The number of carbonyl (C=O) groups excluding carboxylic acids is 1. The van der Waals surface area contributed by atoms with E-state index in [1.54, 1.807) is 11.0 Å². The van der Waals surface area contributed by atoms with Gasteiger partial charge in [0, 0.05) is 38.4 Å². The minimum Gasteiger partial charge on any atom is -0.481 e. The predicted molar refractivity (Wildman–Crippen MR) is 129 cm³/mol. The molecule has 0 atom stereocenters. The first kappa shape index (κ1) is 22.1. The molecular weight excluding hydrogens is 433 g/mol. The Morgan fingerprint density at radius 3 is 2.35 bits per heavy atom. The molecule has 7 heteroatoms. The first-order chi connectivity index (χ1) is 16.5. The third-order valence-corrected chi connectivity index (χ3v) is 6.50. The Bertz CT molecular complexity index is 1210. The summed E-state index contributed by atoms with van der Waals surface area (Å²) in [4.78, 5) is 29.3. The van der Waals surface area contributed by atoms with Crippen LogP contribution in [0.4, 0.5) is 20.6 Å². The quantitative estimate of drug-likeness (QED) is 0.570. The van der Waals surface area contributed by atoms with Gasteiger partial charge in [0.05, 0.1) is 11.6 Å². The van der Waals surface area contributed by atoms with Gasteiger partial charge in [0.1, 0.15) is 5.82 Å². The minimum absolute atomic E-state index is 0.240. The summed E-state index contributed by atoms with van der Waals surface area (Å²) in [6.45, 7) is 2.34. The Labute approximate surface area is 197 Å². The van der Waals surface area contributed by atoms with Crippen LogP contribution in [0.15, 0.2) is 72.8 Å². The van der Waals surface area contributed by atoms with Crippen LogP contribution < -0.4 is 9.80 Å². The molecule has 0 unspecified atom stereocenters. The van der Waals surface area contributed by atoms with Crippen molar-refractivity contribution in [2.24, 2.45) is 5.92 Å². The van der Waals surface area contributed by atoms with Gasteiger partial charge in [-0.05, 0) is 47.4 Å². The summed E-state index contributed by atoms with van der Waals surface area (Å²) in [6, 6.07) is 22.7. The van der Waals surface area contributed by atoms with E-state index in [9.17, 15) is 14.0 Å². The Hall–Kier alpha value is -3.71. The second kappa shape index (κ2) is 9.27. The summed E-state index contributed by atoms with van der Waals surface area (Å²) in [5.41, 5.74) is 4.16. The Morgan fingerprint density at radius 2 is 1.62 bits per heavy atom. The summed E-state index contributed by atoms with van der Waals surface area (Å²) >= 11 is 0. The number of likely N-dealkylation sites (tertiary alicyclic amines) is 1. The number of carboxylic acid groups (broad SMARTS) is 1. The van der Waals surface area contributed by atoms with Crippen LogP contribution in [0.5, 0.6) is 0 Å². The lowest BCUT2D eigenvalue weighted by atomic mass is 9.99. The fraction of sp³-hybridized carbons (Fsp3) is 0.259. The van der Waals surface area contributed by atoms with E-state index in [1.807, 2.05) is 53.4 Å². The highest BCUT2D eigenvalue weighted by atomic mass is 19.1. The summed E-state index contributed by atoms with van der Waals surface area (Å²) in [5, 5.41) is 9.00. The molecule has 0 aliphatic carbocycles. The number of halogens is 1. The minimum atomic E-state index is -0.791. The Morgan fingerprint density at radius 1 is 0.882 bits per heavy atom. The number of urea groups is 1. The molecule has 3 aromatic carbocycles. The first-order valence-corrected chi connectivity index (χ1v) is 11.4. The van der Waals surface area contributed by atoms with Crippen LogP contribution in [0.25, 0.3) is 0 Å². The molecule has 2 saturated heterocycles. The second-order valence-corrected chi connectivity index (χ2v) is 8.93. The number of carboxylic acids is 1. The van der Waals surface area contributed by atoms with Crippen LogP contribution in [0.1, 0.15) is 16.7 Å². The van der Waals surface area contributed by atoms with Gasteiger partial charge in [0.15, 0.2) is 0 Å². The van der Waals surface area contributed by atoms with Crippen LogP contribution in [0.3, 0.4) is 0 Å². The molecule has 5 rings (SSSR count). The van der Waals surface area contributed by atoms with Gasteiger partial charge in [-0.15, -0.1) is 0 Å². The van der Waals surface area contributed by atoms with Crippen molar-refractivity contribution in [1.29, 1.82) is 0 Å². The molecular formula is C27H26FN3O3. The highest BCUT2D eigenvalue weighted by molar-refractivity contribution is 6.06. The number of hydrogen-bond acceptors (Lipinski definition) is 3. The molecule has 0 radical (unpaired) electrons. The number of rotatable bonds is 7. The Balaban J connectivity index is 1.26. The van der Waals surface area contributed by atoms with Crippen LogP contribution >= 0.6 is 0 Å². The van der Waals surface area contributed by atoms with E-state index in [-0.39, 0.29) is 17.6 Å². The maximum atomic E-state index is 15.0. The van der Waals surface area contributed by atoms with Crippen molar-refractivity contribution in [2.75, 3.05) is 36.0 Å². The van der Waals surface area contributed by atoms with Crippen molar-refractivity contribution in [3.05, 3.63) is 95.3 Å². The van der Waals surface area contributed by atoms with Crippen LogP contribution in [0.2, 0.25) is 0 Å². The number of hydrogen-bond donors (Lipinski definition) is 1. The molecule has 2 amide bonds. The molecule has 0 saturated carbocycles. The number of anilines is 2. The smallest absolute Gasteiger partial charge is 0.329 e. The van der Waals surface area contributed by atoms with Gasteiger partial charge in [-0.3, -0.25) is 19.5 Å². The molecule has 34 heavy (non-hydrogen) atoms. The third kappa shape index (κ3) is 4.52. The van der Waals surface area contributed by atoms with E-state index >= 15 is 0 Å². The number of amides is 2. The molecule has 0 bridgehead atoms. The van der Waals surface area contributed by atoms with Gasteiger partial charge in [0.25, 0.3) is 0 Å². The normalized spacial score (nSPS) is 16.7. The topological polar surface area (TPSA) is 64.1 Å². The van der Waals surface area contributed by atoms with Gasteiger partial charge >= 0.3 is 12.0 Å². The lowest BCUT2D eigenvalue weighted by Gasteiger charge is -2.36. The van der Waals surface area contributed by atoms with E-state index < -0.39 is 11.8 Å². The average molecular weight is 460 g/mol. The molecule has 0 spiro atoms. The maximum absolute atomic E-state index is 15.0. The zero-order valence-electron chi connectivity index (χ0n) is 18.7. The lowest BCUT2D eigenvalue weighted by Crippen LogP contribution is -2.49. The van der Waals surface area contributed by atoms with Gasteiger partial charge < -0.3 is 5.11 Å². The average Bonchev–Trinajstić information content (AvgIpc) is 3.18. The highest BCUT2D eigenvalue weighted by Gasteiger charge is 2.34. The van der Waals surface area contributed by atoms with E-state index in [1.165, 1.54) is 16.5 Å². The second-order valence-electron chi connectivity index (χ2n) is 8.93. The highest BCUT2D eigenvalue weighted by Crippen LogP contribution is 2.29. The van der Waals surface area contributed by atoms with Crippen LogP contribution in [-0.2, 0) is 17.8 Å². The zero-order chi connectivity index (χ0) is 23.7. The number of nitrogens with zero attached hydrogens (tertiary/aromatic N) is 3. The van der Waals surface area contributed by atoms with Crippen molar-refractivity contribution >= 4 is 23.4 Å². The molecule has 2 fully saturated rings. The fourth-order valence-corrected chi connectivity index (χ4v) is 4.65. The molecule has 0 aromatic heterocycles. The third-order valence-electron chi connectivity index (χ3n) is 6.50. The summed E-state index contributed by atoms with van der Waals surface area (Å²) in [7, 11) is 0. The number of carbonyl (C=O) groups is 2. The van der Waals surface area contributed by atoms with E-state index in [0.717, 1.165) is 23.2 Å². The molecule has 2 aliphatic heterocycles. The van der Waals surface area contributed by atoms with E-state index in [0.29, 0.717) is 32.7 Å². The number of aliphatic carboxylic acids is 1. The van der Waals surface area contributed by atoms with Crippen LogP contribution in [0, 0.1) is 11.7 Å². The molecule has 1 N–H and O–H groups in total. The SMILES string of the molecule is O=C(O)C1CN(Cc2ccc(N3CCN(c4cccc(Cc5ccccc5)c4)C3=O)c(F)c2)C1. The van der Waals surface area contributed by atoms with E-state index in [4.69, 9.17) is 5.11 Å². The van der Waals surface area contributed by atoms with E-state index in [2.05, 4.69) is 12.1 Å².